The SMILES string of the molecule is C=C(C)C(=O)OC(C)OCC#N. The number of rotatable bonds is 4. The Morgan fingerprint density at radius 3 is 2.75 bits per heavy atom. The Morgan fingerprint density at radius 1 is 1.75 bits per heavy atom. The van der Waals surface area contributed by atoms with Crippen molar-refractivity contribution in [2.45, 2.75) is 20.1 Å². The minimum absolute atomic E-state index is 0.0926. The molecule has 0 aromatic carbocycles. The third-order valence-corrected chi connectivity index (χ3v) is 1.00. The summed E-state index contributed by atoms with van der Waals surface area (Å²) in [6, 6.07) is 1.77. The second-order valence-electron chi connectivity index (χ2n) is 2.22. The molecule has 0 radical (unpaired) electrons. The largest absolute Gasteiger partial charge is 0.433 e. The van der Waals surface area contributed by atoms with Crippen molar-refractivity contribution in [3.05, 3.63) is 12.2 Å². The van der Waals surface area contributed by atoms with E-state index in [0.29, 0.717) is 5.57 Å². The van der Waals surface area contributed by atoms with E-state index in [2.05, 4.69) is 6.58 Å². The summed E-state index contributed by atoms with van der Waals surface area (Å²) < 4.78 is 9.47. The van der Waals surface area contributed by atoms with Crippen LogP contribution >= 0.6 is 0 Å². The molecule has 0 aliphatic carbocycles. The molecule has 12 heavy (non-hydrogen) atoms. The highest BCUT2D eigenvalue weighted by Gasteiger charge is 2.08. The van der Waals surface area contributed by atoms with Crippen molar-refractivity contribution in [3.63, 3.8) is 0 Å². The molecule has 1 atom stereocenters. The van der Waals surface area contributed by atoms with Gasteiger partial charge in [-0.25, -0.2) is 4.79 Å². The van der Waals surface area contributed by atoms with Crippen LogP contribution in [0.15, 0.2) is 12.2 Å². The van der Waals surface area contributed by atoms with E-state index >= 15 is 0 Å². The fraction of sp³-hybridized carbons (Fsp3) is 0.500. The molecule has 0 rings (SSSR count). The Balaban J connectivity index is 3.70. The van der Waals surface area contributed by atoms with Crippen LogP contribution in [0.2, 0.25) is 0 Å². The molecule has 0 aromatic heterocycles. The van der Waals surface area contributed by atoms with Gasteiger partial charge in [0, 0.05) is 5.57 Å². The molecule has 0 saturated heterocycles. The van der Waals surface area contributed by atoms with Gasteiger partial charge in [-0.15, -0.1) is 0 Å². The van der Waals surface area contributed by atoms with E-state index in [-0.39, 0.29) is 6.61 Å². The van der Waals surface area contributed by atoms with Crippen molar-refractivity contribution < 1.29 is 14.3 Å². The molecule has 0 amide bonds. The summed E-state index contributed by atoms with van der Waals surface area (Å²) in [4.78, 5) is 10.8. The molecule has 0 aliphatic heterocycles. The van der Waals surface area contributed by atoms with Crippen LogP contribution in [-0.2, 0) is 14.3 Å². The molecule has 66 valence electrons. The van der Waals surface area contributed by atoms with Gasteiger partial charge in [-0.3, -0.25) is 0 Å². The van der Waals surface area contributed by atoms with E-state index in [1.807, 2.05) is 0 Å². The lowest BCUT2D eigenvalue weighted by Gasteiger charge is -2.11. The van der Waals surface area contributed by atoms with E-state index in [4.69, 9.17) is 14.7 Å². The van der Waals surface area contributed by atoms with Gasteiger partial charge >= 0.3 is 5.97 Å². The Labute approximate surface area is 71.4 Å². The van der Waals surface area contributed by atoms with Crippen molar-refractivity contribution >= 4 is 5.97 Å². The molecule has 0 spiro atoms. The number of carbonyl (C=O) groups excluding carboxylic acids is 1. The summed E-state index contributed by atoms with van der Waals surface area (Å²) in [6.07, 6.45) is -0.700. The maximum atomic E-state index is 10.8. The number of nitriles is 1. The lowest BCUT2D eigenvalue weighted by molar-refractivity contribution is -0.167. The van der Waals surface area contributed by atoms with Crippen LogP contribution in [0, 0.1) is 11.3 Å². The number of hydrogen-bond donors (Lipinski definition) is 0. The first-order valence-corrected chi connectivity index (χ1v) is 3.43. The number of hydrogen-bond acceptors (Lipinski definition) is 4. The maximum Gasteiger partial charge on any atom is 0.335 e. The molecule has 0 aromatic rings. The third kappa shape index (κ3) is 4.47. The highest BCUT2D eigenvalue weighted by atomic mass is 16.7. The topological polar surface area (TPSA) is 59.3 Å². The molecule has 0 aliphatic rings. The van der Waals surface area contributed by atoms with Crippen molar-refractivity contribution in [1.82, 2.24) is 0 Å². The number of esters is 1. The number of carbonyl (C=O) groups is 1. The molecule has 0 bridgehead atoms. The van der Waals surface area contributed by atoms with E-state index in [9.17, 15) is 4.79 Å². The molecule has 0 N–H and O–H groups in total. The molecule has 0 heterocycles. The van der Waals surface area contributed by atoms with Crippen molar-refractivity contribution in [1.29, 1.82) is 5.26 Å². The van der Waals surface area contributed by atoms with Crippen LogP contribution < -0.4 is 0 Å². The van der Waals surface area contributed by atoms with Gasteiger partial charge in [0.2, 0.25) is 6.29 Å². The molecule has 0 fully saturated rings. The van der Waals surface area contributed by atoms with Crippen LogP contribution in [-0.4, -0.2) is 18.9 Å². The van der Waals surface area contributed by atoms with Gasteiger partial charge in [0.05, 0.1) is 6.07 Å². The van der Waals surface area contributed by atoms with Gasteiger partial charge < -0.3 is 9.47 Å². The Hall–Kier alpha value is -1.34. The second-order valence-corrected chi connectivity index (χ2v) is 2.22. The molecule has 4 nitrogen and oxygen atoms in total. The Kier molecular flexibility index (Phi) is 4.73. The van der Waals surface area contributed by atoms with Crippen molar-refractivity contribution in [3.8, 4) is 6.07 Å². The fourth-order valence-electron chi connectivity index (χ4n) is 0.440. The van der Waals surface area contributed by atoms with Crippen LogP contribution in [0.25, 0.3) is 0 Å². The first-order chi connectivity index (χ1) is 5.57. The summed E-state index contributed by atoms with van der Waals surface area (Å²) in [5.41, 5.74) is 0.308. The van der Waals surface area contributed by atoms with Gasteiger partial charge in [-0.2, -0.15) is 5.26 Å². The van der Waals surface area contributed by atoms with E-state index in [1.54, 1.807) is 13.0 Å². The second kappa shape index (κ2) is 5.33. The predicted octanol–water partition coefficient (Wildman–Crippen LogP) is 0.992. The van der Waals surface area contributed by atoms with Gasteiger partial charge in [-0.1, -0.05) is 6.58 Å². The molecular formula is C8H11NO3. The van der Waals surface area contributed by atoms with E-state index < -0.39 is 12.3 Å². The summed E-state index contributed by atoms with van der Waals surface area (Å²) >= 11 is 0. The average molecular weight is 169 g/mol. The van der Waals surface area contributed by atoms with Crippen LogP contribution in [0.4, 0.5) is 0 Å². The van der Waals surface area contributed by atoms with Crippen molar-refractivity contribution in [2.24, 2.45) is 0 Å². The Morgan fingerprint density at radius 2 is 2.33 bits per heavy atom. The Bertz CT molecular complexity index is 217. The molecular weight excluding hydrogens is 158 g/mol. The summed E-state index contributed by atoms with van der Waals surface area (Å²) in [5, 5.41) is 8.13. The highest BCUT2D eigenvalue weighted by molar-refractivity contribution is 5.86. The molecule has 1 unspecified atom stereocenters. The van der Waals surface area contributed by atoms with Crippen molar-refractivity contribution in [2.75, 3.05) is 6.61 Å². The van der Waals surface area contributed by atoms with Gasteiger partial charge in [-0.05, 0) is 13.8 Å². The lowest BCUT2D eigenvalue weighted by atomic mass is 10.4. The lowest BCUT2D eigenvalue weighted by Crippen LogP contribution is -2.18. The van der Waals surface area contributed by atoms with Gasteiger partial charge in [0.1, 0.15) is 6.61 Å². The zero-order valence-corrected chi connectivity index (χ0v) is 7.16. The zero-order chi connectivity index (χ0) is 9.56. The fourth-order valence-corrected chi connectivity index (χ4v) is 0.440. The smallest absolute Gasteiger partial charge is 0.335 e. The minimum Gasteiger partial charge on any atom is -0.433 e. The summed E-state index contributed by atoms with van der Waals surface area (Å²) in [7, 11) is 0. The van der Waals surface area contributed by atoms with E-state index in [0.717, 1.165) is 0 Å². The number of nitrogens with zero attached hydrogens (tertiary/aromatic N) is 1. The zero-order valence-electron chi connectivity index (χ0n) is 7.16. The first-order valence-electron chi connectivity index (χ1n) is 3.43. The maximum absolute atomic E-state index is 10.8. The first kappa shape index (κ1) is 10.7. The number of ether oxygens (including phenoxy) is 2. The summed E-state index contributed by atoms with van der Waals surface area (Å²) in [6.45, 7) is 6.38. The normalized spacial score (nSPS) is 11.4. The quantitative estimate of drug-likeness (QED) is 0.357. The third-order valence-electron chi connectivity index (χ3n) is 1.00. The highest BCUT2D eigenvalue weighted by Crippen LogP contribution is 1.98. The van der Waals surface area contributed by atoms with E-state index in [1.165, 1.54) is 6.92 Å². The van der Waals surface area contributed by atoms with Gasteiger partial charge in [0.15, 0.2) is 0 Å². The molecule has 0 saturated carbocycles. The standard InChI is InChI=1S/C8H11NO3/c1-6(2)8(10)12-7(3)11-5-4-9/h7H,1,5H2,2-3H3. The average Bonchev–Trinajstić information content (AvgIpc) is 2.00. The van der Waals surface area contributed by atoms with Crippen LogP contribution in [0.1, 0.15) is 13.8 Å². The minimum atomic E-state index is -0.700. The van der Waals surface area contributed by atoms with Crippen LogP contribution in [0.3, 0.4) is 0 Å². The summed E-state index contributed by atoms with van der Waals surface area (Å²) in [5.74, 6) is -0.513. The van der Waals surface area contributed by atoms with Gasteiger partial charge in [0.25, 0.3) is 0 Å². The monoisotopic (exact) mass is 169 g/mol. The predicted molar refractivity (Wildman–Crippen MR) is 41.9 cm³/mol. The van der Waals surface area contributed by atoms with Crippen LogP contribution in [0.5, 0.6) is 0 Å². The molecule has 4 heteroatoms.